The van der Waals surface area contributed by atoms with Gasteiger partial charge >= 0.3 is 5.97 Å². The Morgan fingerprint density at radius 1 is 0.736 bits per heavy atom. The molecule has 1 aliphatic heterocycles. The average Bonchev–Trinajstić information content (AvgIpc) is 3.51. The monoisotopic (exact) mass is 738 g/mol. The van der Waals surface area contributed by atoms with Gasteiger partial charge in [0.1, 0.15) is 0 Å². The van der Waals surface area contributed by atoms with Crippen molar-refractivity contribution in [3.63, 3.8) is 0 Å². The number of nitrogens with one attached hydrogen (secondary N) is 1. The second kappa shape index (κ2) is 16.2. The summed E-state index contributed by atoms with van der Waals surface area (Å²) in [6, 6.07) is 0. The van der Waals surface area contributed by atoms with Crippen LogP contribution in [0, 0.1) is 56.7 Å². The fourth-order valence-electron chi connectivity index (χ4n) is 14.7. The van der Waals surface area contributed by atoms with Gasteiger partial charge in [-0.05, 0) is 135 Å². The third-order valence-corrected chi connectivity index (χ3v) is 18.0. The average molecular weight is 738 g/mol. The van der Waals surface area contributed by atoms with E-state index in [0.717, 1.165) is 110 Å². The van der Waals surface area contributed by atoms with Crippen molar-refractivity contribution in [2.45, 2.75) is 163 Å². The molecule has 0 spiro atoms. The van der Waals surface area contributed by atoms with Crippen LogP contribution in [0.4, 0.5) is 0 Å². The molecule has 5 aliphatic carbocycles. The van der Waals surface area contributed by atoms with E-state index in [2.05, 4.69) is 56.8 Å². The van der Waals surface area contributed by atoms with Gasteiger partial charge in [0.15, 0.2) is 0 Å². The topological polar surface area (TPSA) is 93.1 Å². The molecule has 0 aromatic carbocycles. The van der Waals surface area contributed by atoms with Crippen molar-refractivity contribution in [3.05, 3.63) is 12.2 Å². The highest BCUT2D eigenvalue weighted by molar-refractivity contribution is 5.84. The Kier molecular flexibility index (Phi) is 12.6. The molecule has 10 atom stereocenters. The number of fused-ring (bicyclic) bond motifs is 7. The Bertz CT molecular complexity index is 1310. The van der Waals surface area contributed by atoms with Gasteiger partial charge in [0.2, 0.25) is 5.91 Å². The predicted octanol–water partition coefficient (Wildman–Crippen LogP) is 8.94. The third-order valence-electron chi connectivity index (χ3n) is 18.0. The summed E-state index contributed by atoms with van der Waals surface area (Å²) in [5.74, 6) is 2.22. The molecule has 7 nitrogen and oxygen atoms in total. The molecular formula is C46H79N3O4. The summed E-state index contributed by atoms with van der Waals surface area (Å²) in [6.07, 6.45) is 20.1. The van der Waals surface area contributed by atoms with Crippen LogP contribution in [0.25, 0.3) is 0 Å². The van der Waals surface area contributed by atoms with Crippen LogP contribution in [0.1, 0.15) is 157 Å². The van der Waals surface area contributed by atoms with Crippen LogP contribution in [0.5, 0.6) is 0 Å². The lowest BCUT2D eigenvalue weighted by atomic mass is 9.32. The van der Waals surface area contributed by atoms with Crippen LogP contribution in [0.15, 0.2) is 12.2 Å². The third kappa shape index (κ3) is 7.56. The molecule has 0 bridgehead atoms. The SMILES string of the molecule is C=C(CN1CCN(C)CC1)[C@@H]1CC[C@]2(C(=O)NCCCCCCCCCCC(=O)O)CC[C@]3(C)[C@H](CCC4[C@@]5(C)CC[C@H](O)C(C)(C)[C@@H]5CC[C@]43C)[C@@H]12. The number of carboxylic acid groups (broad SMARTS) is 1. The number of hydrogen-bond acceptors (Lipinski definition) is 5. The van der Waals surface area contributed by atoms with E-state index < -0.39 is 5.97 Å². The molecule has 0 aromatic heterocycles. The zero-order valence-electron chi connectivity index (χ0n) is 35.0. The maximum atomic E-state index is 14.7. The quantitative estimate of drug-likeness (QED) is 0.115. The fourth-order valence-corrected chi connectivity index (χ4v) is 14.7. The van der Waals surface area contributed by atoms with Gasteiger partial charge in [-0.3, -0.25) is 14.5 Å². The van der Waals surface area contributed by atoms with E-state index >= 15 is 0 Å². The molecule has 6 rings (SSSR count). The van der Waals surface area contributed by atoms with Gasteiger partial charge in [0.25, 0.3) is 0 Å². The van der Waals surface area contributed by atoms with E-state index in [0.29, 0.717) is 35.5 Å². The molecule has 1 saturated heterocycles. The van der Waals surface area contributed by atoms with Crippen LogP contribution >= 0.6 is 0 Å². The van der Waals surface area contributed by atoms with Gasteiger partial charge in [0.05, 0.1) is 11.5 Å². The van der Waals surface area contributed by atoms with Gasteiger partial charge in [-0.1, -0.05) is 85.3 Å². The summed E-state index contributed by atoms with van der Waals surface area (Å²) in [6.45, 7) is 23.8. The highest BCUT2D eigenvalue weighted by Crippen LogP contribution is 2.77. The second-order valence-electron chi connectivity index (χ2n) is 20.8. The first-order valence-corrected chi connectivity index (χ1v) is 22.4. The lowest BCUT2D eigenvalue weighted by Gasteiger charge is -2.72. The Morgan fingerprint density at radius 2 is 1.40 bits per heavy atom. The van der Waals surface area contributed by atoms with Crippen molar-refractivity contribution in [1.82, 2.24) is 15.1 Å². The molecule has 6 fully saturated rings. The largest absolute Gasteiger partial charge is 0.481 e. The molecule has 0 aromatic rings. The fraction of sp³-hybridized carbons (Fsp3) is 0.913. The maximum Gasteiger partial charge on any atom is 0.303 e. The number of aliphatic carboxylic acids is 1. The summed E-state index contributed by atoms with van der Waals surface area (Å²) in [5, 5.41) is 23.6. The molecule has 6 aliphatic rings. The lowest BCUT2D eigenvalue weighted by molar-refractivity contribution is -0.246. The Labute approximate surface area is 323 Å². The number of carbonyl (C=O) groups excluding carboxylic acids is 1. The van der Waals surface area contributed by atoms with E-state index in [-0.39, 0.29) is 39.6 Å². The van der Waals surface area contributed by atoms with Crippen molar-refractivity contribution in [2.24, 2.45) is 56.7 Å². The predicted molar refractivity (Wildman–Crippen MR) is 215 cm³/mol. The number of rotatable bonds is 15. The number of nitrogens with zero attached hydrogens (tertiary/aromatic N) is 2. The second-order valence-corrected chi connectivity index (χ2v) is 20.8. The summed E-state index contributed by atoms with van der Waals surface area (Å²) >= 11 is 0. The van der Waals surface area contributed by atoms with E-state index in [1.54, 1.807) is 0 Å². The van der Waals surface area contributed by atoms with E-state index in [9.17, 15) is 14.7 Å². The first-order chi connectivity index (χ1) is 25.1. The molecule has 53 heavy (non-hydrogen) atoms. The standard InChI is InChI=1S/C46H79N3O4/c1-33(32-49-30-28-48(7)29-31-49)34-19-24-46(41(53)47-27-15-13-11-9-8-10-12-14-16-39(51)52)26-25-44(5)35(40(34)46)17-18-37-43(4)22-21-38(50)42(2,3)36(43)20-23-45(37,44)6/h34-38,40,50H,1,8-32H2,2-7H3,(H,47,53)(H,51,52)/t34-,35+,36-,37?,38-,40+,43-,44+,45+,46-/m0/s1. The molecule has 0 radical (unpaired) electrons. The highest BCUT2D eigenvalue weighted by atomic mass is 16.4. The first-order valence-electron chi connectivity index (χ1n) is 22.4. The number of carboxylic acids is 1. The number of aliphatic hydroxyl groups excluding tert-OH is 1. The van der Waals surface area contributed by atoms with Crippen LogP contribution in [0.2, 0.25) is 0 Å². The van der Waals surface area contributed by atoms with E-state index in [1.165, 1.54) is 50.5 Å². The van der Waals surface area contributed by atoms with Crippen molar-refractivity contribution >= 4 is 11.9 Å². The van der Waals surface area contributed by atoms with Crippen molar-refractivity contribution in [2.75, 3.05) is 46.3 Å². The van der Waals surface area contributed by atoms with Gasteiger partial charge < -0.3 is 20.4 Å². The Hall–Kier alpha value is -1.44. The molecule has 3 N–H and O–H groups in total. The molecule has 1 amide bonds. The number of carbonyl (C=O) groups is 2. The molecule has 302 valence electrons. The number of aliphatic hydroxyl groups is 1. The van der Waals surface area contributed by atoms with E-state index in [4.69, 9.17) is 11.7 Å². The summed E-state index contributed by atoms with van der Waals surface area (Å²) in [4.78, 5) is 30.5. The highest BCUT2D eigenvalue weighted by Gasteiger charge is 2.72. The molecule has 1 unspecified atom stereocenters. The normalized spacial score (nSPS) is 41.1. The summed E-state index contributed by atoms with van der Waals surface area (Å²) < 4.78 is 0. The molecular weight excluding hydrogens is 659 g/mol. The lowest BCUT2D eigenvalue weighted by Crippen LogP contribution is -2.67. The smallest absolute Gasteiger partial charge is 0.303 e. The summed E-state index contributed by atoms with van der Waals surface area (Å²) in [5.41, 5.74) is 1.78. The Balaban J connectivity index is 1.16. The number of likely N-dealkylation sites (N-methyl/N-ethyl adjacent to an activating group) is 1. The van der Waals surface area contributed by atoms with Crippen molar-refractivity contribution in [1.29, 1.82) is 0 Å². The molecule has 1 heterocycles. The van der Waals surface area contributed by atoms with Crippen molar-refractivity contribution < 1.29 is 19.8 Å². The zero-order chi connectivity index (χ0) is 38.2. The number of amides is 1. The van der Waals surface area contributed by atoms with E-state index in [1.807, 2.05) is 0 Å². The van der Waals surface area contributed by atoms with Gasteiger partial charge in [0, 0.05) is 45.7 Å². The van der Waals surface area contributed by atoms with Gasteiger partial charge in [-0.2, -0.15) is 0 Å². The maximum absolute atomic E-state index is 14.7. The van der Waals surface area contributed by atoms with Crippen LogP contribution in [-0.2, 0) is 9.59 Å². The number of unbranched alkanes of at least 4 members (excludes halogenated alkanes) is 7. The number of hydrogen-bond donors (Lipinski definition) is 3. The van der Waals surface area contributed by atoms with Crippen molar-refractivity contribution in [3.8, 4) is 0 Å². The van der Waals surface area contributed by atoms with Crippen LogP contribution in [-0.4, -0.2) is 84.3 Å². The van der Waals surface area contributed by atoms with Gasteiger partial charge in [-0.15, -0.1) is 0 Å². The Morgan fingerprint density at radius 3 is 2.08 bits per heavy atom. The van der Waals surface area contributed by atoms with Crippen LogP contribution in [0.3, 0.4) is 0 Å². The molecule has 5 saturated carbocycles. The minimum Gasteiger partial charge on any atom is -0.481 e. The minimum atomic E-state index is -0.687. The number of piperazine rings is 1. The van der Waals surface area contributed by atoms with Crippen LogP contribution < -0.4 is 5.32 Å². The minimum absolute atomic E-state index is 0.0350. The summed E-state index contributed by atoms with van der Waals surface area (Å²) in [7, 11) is 2.23. The van der Waals surface area contributed by atoms with Gasteiger partial charge in [-0.25, -0.2) is 0 Å². The first kappa shape index (κ1) is 41.2. The molecule has 7 heteroatoms. The zero-order valence-corrected chi connectivity index (χ0v) is 35.0.